The summed E-state index contributed by atoms with van der Waals surface area (Å²) in [6.45, 7) is 8.19. The van der Waals surface area contributed by atoms with Gasteiger partial charge in [0.1, 0.15) is 5.82 Å². The van der Waals surface area contributed by atoms with Crippen molar-refractivity contribution in [3.8, 4) is 0 Å². The van der Waals surface area contributed by atoms with Gasteiger partial charge >= 0.3 is 0 Å². The van der Waals surface area contributed by atoms with E-state index >= 15 is 0 Å². The molecule has 3 nitrogen and oxygen atoms in total. The van der Waals surface area contributed by atoms with E-state index in [0.717, 1.165) is 30.3 Å². The van der Waals surface area contributed by atoms with Crippen LogP contribution in [0.15, 0.2) is 30.5 Å². The van der Waals surface area contributed by atoms with Crippen molar-refractivity contribution < 1.29 is 4.39 Å². The molecule has 1 N–H and O–H groups in total. The Balaban J connectivity index is 2.16. The van der Waals surface area contributed by atoms with Gasteiger partial charge in [-0.3, -0.25) is 0 Å². The first-order valence-electron chi connectivity index (χ1n) is 7.37. The average molecular weight is 307 g/mol. The Kier molecular flexibility index (Phi) is 5.70. The molecular formula is C16H22FN3S. The van der Waals surface area contributed by atoms with E-state index in [2.05, 4.69) is 36.0 Å². The lowest BCUT2D eigenvalue weighted by Gasteiger charge is -2.19. The summed E-state index contributed by atoms with van der Waals surface area (Å²) in [6, 6.07) is 6.86. The highest BCUT2D eigenvalue weighted by Gasteiger charge is 2.14. The van der Waals surface area contributed by atoms with Gasteiger partial charge in [0, 0.05) is 29.3 Å². The molecule has 0 aliphatic rings. The number of halogens is 1. The van der Waals surface area contributed by atoms with E-state index in [1.165, 1.54) is 17.0 Å². The minimum absolute atomic E-state index is 0.216. The normalized spacial score (nSPS) is 12.4. The molecule has 2 aromatic rings. The van der Waals surface area contributed by atoms with Crippen LogP contribution in [0.25, 0.3) is 0 Å². The van der Waals surface area contributed by atoms with Crippen LogP contribution in [0.3, 0.4) is 0 Å². The number of anilines is 2. The highest BCUT2D eigenvalue weighted by Crippen LogP contribution is 2.31. The van der Waals surface area contributed by atoms with E-state index in [-0.39, 0.29) is 5.82 Å². The van der Waals surface area contributed by atoms with Gasteiger partial charge in [-0.15, -0.1) is 0 Å². The Bertz CT molecular complexity index is 553. The van der Waals surface area contributed by atoms with Gasteiger partial charge in [0.15, 0.2) is 5.13 Å². The maximum Gasteiger partial charge on any atom is 0.190 e. The van der Waals surface area contributed by atoms with E-state index in [9.17, 15) is 4.39 Å². The van der Waals surface area contributed by atoms with E-state index < -0.39 is 0 Å². The molecule has 0 spiro atoms. The zero-order valence-corrected chi connectivity index (χ0v) is 13.6. The molecule has 114 valence electrons. The Morgan fingerprint density at radius 2 is 2.00 bits per heavy atom. The third-order valence-electron chi connectivity index (χ3n) is 3.32. The van der Waals surface area contributed by atoms with Crippen molar-refractivity contribution in [1.82, 2.24) is 10.3 Å². The van der Waals surface area contributed by atoms with Crippen molar-refractivity contribution in [3.63, 3.8) is 0 Å². The second kappa shape index (κ2) is 7.52. The lowest BCUT2D eigenvalue weighted by atomic mass is 10.3. The van der Waals surface area contributed by atoms with Crippen molar-refractivity contribution in [2.75, 3.05) is 18.0 Å². The smallest absolute Gasteiger partial charge is 0.190 e. The predicted molar refractivity (Wildman–Crippen MR) is 87.9 cm³/mol. The van der Waals surface area contributed by atoms with Crippen LogP contribution in [0.4, 0.5) is 15.2 Å². The molecule has 0 radical (unpaired) electrons. The Hall–Kier alpha value is -1.46. The van der Waals surface area contributed by atoms with Crippen LogP contribution in [-0.2, 0) is 0 Å². The van der Waals surface area contributed by atoms with Gasteiger partial charge in [-0.2, -0.15) is 0 Å². The molecular weight excluding hydrogens is 285 g/mol. The van der Waals surface area contributed by atoms with Crippen molar-refractivity contribution >= 4 is 22.2 Å². The average Bonchev–Trinajstić information content (AvgIpc) is 2.97. The predicted octanol–water partition coefficient (Wildman–Crippen LogP) is 4.50. The van der Waals surface area contributed by atoms with Gasteiger partial charge in [-0.1, -0.05) is 18.3 Å². The lowest BCUT2D eigenvalue weighted by Crippen LogP contribution is -2.18. The number of nitrogens with zero attached hydrogens (tertiary/aromatic N) is 2. The van der Waals surface area contributed by atoms with Gasteiger partial charge < -0.3 is 10.2 Å². The SMILES string of the molecule is CCCNC(C)c1cnc(N(CC)c2ccc(F)cc2)s1. The summed E-state index contributed by atoms with van der Waals surface area (Å²) in [5.74, 6) is -0.216. The minimum atomic E-state index is -0.216. The van der Waals surface area contributed by atoms with Crippen molar-refractivity contribution in [3.05, 3.63) is 41.2 Å². The molecule has 0 saturated heterocycles. The highest BCUT2D eigenvalue weighted by atomic mass is 32.1. The Morgan fingerprint density at radius 1 is 1.29 bits per heavy atom. The summed E-state index contributed by atoms with van der Waals surface area (Å²) >= 11 is 1.68. The fourth-order valence-corrected chi connectivity index (χ4v) is 3.14. The molecule has 1 aromatic carbocycles. The lowest BCUT2D eigenvalue weighted by molar-refractivity contribution is 0.577. The molecule has 2 rings (SSSR count). The number of hydrogen-bond donors (Lipinski definition) is 1. The molecule has 0 amide bonds. The van der Waals surface area contributed by atoms with E-state index in [4.69, 9.17) is 0 Å². The molecule has 1 aromatic heterocycles. The number of nitrogens with one attached hydrogen (secondary N) is 1. The van der Waals surface area contributed by atoms with Gasteiger partial charge in [-0.05, 0) is 51.1 Å². The maximum absolute atomic E-state index is 13.0. The largest absolute Gasteiger partial charge is 0.318 e. The summed E-state index contributed by atoms with van der Waals surface area (Å²) in [5.41, 5.74) is 0.967. The number of benzene rings is 1. The molecule has 1 atom stereocenters. The zero-order chi connectivity index (χ0) is 15.2. The first-order valence-corrected chi connectivity index (χ1v) is 8.19. The number of aromatic nitrogens is 1. The van der Waals surface area contributed by atoms with E-state index in [1.807, 2.05) is 6.20 Å². The molecule has 1 unspecified atom stereocenters. The van der Waals surface area contributed by atoms with Crippen molar-refractivity contribution in [2.24, 2.45) is 0 Å². The quantitative estimate of drug-likeness (QED) is 0.816. The van der Waals surface area contributed by atoms with Crippen LogP contribution in [0, 0.1) is 5.82 Å². The molecule has 0 aliphatic carbocycles. The standard InChI is InChI=1S/C16H22FN3S/c1-4-10-18-12(3)15-11-19-16(21-15)20(5-2)14-8-6-13(17)7-9-14/h6-9,11-12,18H,4-5,10H2,1-3H3. The van der Waals surface area contributed by atoms with Crippen LogP contribution >= 0.6 is 11.3 Å². The first-order chi connectivity index (χ1) is 10.2. The van der Waals surface area contributed by atoms with Crippen LogP contribution in [0.2, 0.25) is 0 Å². The Morgan fingerprint density at radius 3 is 2.62 bits per heavy atom. The van der Waals surface area contributed by atoms with Gasteiger partial charge in [0.2, 0.25) is 0 Å². The van der Waals surface area contributed by atoms with Crippen LogP contribution in [0.5, 0.6) is 0 Å². The van der Waals surface area contributed by atoms with Crippen molar-refractivity contribution in [2.45, 2.75) is 33.2 Å². The third-order valence-corrected chi connectivity index (χ3v) is 4.53. The van der Waals surface area contributed by atoms with Gasteiger partial charge in [0.05, 0.1) is 0 Å². The summed E-state index contributed by atoms with van der Waals surface area (Å²) in [4.78, 5) is 7.84. The summed E-state index contributed by atoms with van der Waals surface area (Å²) in [6.07, 6.45) is 3.05. The van der Waals surface area contributed by atoms with Gasteiger partial charge in [-0.25, -0.2) is 9.37 Å². The summed E-state index contributed by atoms with van der Waals surface area (Å²) in [7, 11) is 0. The van der Waals surface area contributed by atoms with Crippen molar-refractivity contribution in [1.29, 1.82) is 0 Å². The monoisotopic (exact) mass is 307 g/mol. The molecule has 0 aliphatic heterocycles. The topological polar surface area (TPSA) is 28.2 Å². The highest BCUT2D eigenvalue weighted by molar-refractivity contribution is 7.15. The number of hydrogen-bond acceptors (Lipinski definition) is 4. The molecule has 5 heteroatoms. The van der Waals surface area contributed by atoms with E-state index in [0.29, 0.717) is 6.04 Å². The summed E-state index contributed by atoms with van der Waals surface area (Å²) < 4.78 is 13.0. The van der Waals surface area contributed by atoms with E-state index in [1.54, 1.807) is 23.5 Å². The first kappa shape index (κ1) is 15.9. The Labute approximate surface area is 129 Å². The molecule has 0 saturated carbocycles. The maximum atomic E-state index is 13.0. The van der Waals surface area contributed by atoms with Crippen LogP contribution < -0.4 is 10.2 Å². The molecule has 0 bridgehead atoms. The zero-order valence-electron chi connectivity index (χ0n) is 12.8. The van der Waals surface area contributed by atoms with Gasteiger partial charge in [0.25, 0.3) is 0 Å². The fourth-order valence-electron chi connectivity index (χ4n) is 2.11. The second-order valence-electron chi connectivity index (χ2n) is 4.94. The molecule has 1 heterocycles. The molecule has 0 fully saturated rings. The third kappa shape index (κ3) is 4.02. The number of thiazole rings is 1. The van der Waals surface area contributed by atoms with Crippen LogP contribution in [-0.4, -0.2) is 18.1 Å². The summed E-state index contributed by atoms with van der Waals surface area (Å²) in [5, 5.41) is 4.42. The minimum Gasteiger partial charge on any atom is -0.318 e. The molecule has 21 heavy (non-hydrogen) atoms. The number of rotatable bonds is 7. The van der Waals surface area contributed by atoms with Crippen LogP contribution in [0.1, 0.15) is 38.1 Å². The second-order valence-corrected chi connectivity index (χ2v) is 5.98. The fraction of sp³-hybridized carbons (Fsp3) is 0.438.